The predicted octanol–water partition coefficient (Wildman–Crippen LogP) is -7.54. The molecule has 0 aromatic heterocycles. The molecule has 17 heavy (non-hydrogen) atoms. The Morgan fingerprint density at radius 3 is 2.35 bits per heavy atom. The van der Waals surface area contributed by atoms with Crippen LogP contribution in [0.15, 0.2) is 0 Å². The highest BCUT2D eigenvalue weighted by atomic mass is 35.5. The van der Waals surface area contributed by atoms with E-state index in [9.17, 15) is 4.79 Å². The molecule has 0 saturated carbocycles. The Hall–Kier alpha value is -0.0300. The second kappa shape index (κ2) is 11.1. The van der Waals surface area contributed by atoms with Gasteiger partial charge in [0, 0.05) is 0 Å². The minimum Gasteiger partial charge on any atom is -1.00 e. The summed E-state index contributed by atoms with van der Waals surface area (Å²) in [6.07, 6.45) is 4.69. The molecule has 0 atom stereocenters. The first-order chi connectivity index (χ1) is 7.18. The van der Waals surface area contributed by atoms with Crippen LogP contribution in [0.5, 0.6) is 0 Å². The summed E-state index contributed by atoms with van der Waals surface area (Å²) in [5.74, 6) is 0.168. The van der Waals surface area contributed by atoms with Crippen molar-refractivity contribution >= 4 is 5.91 Å². The van der Waals surface area contributed by atoms with Gasteiger partial charge in [0.15, 0.2) is 0 Å². The first-order valence-corrected chi connectivity index (χ1v) is 6.15. The molecule has 0 aliphatic carbocycles. The summed E-state index contributed by atoms with van der Waals surface area (Å²) in [4.78, 5) is 13.0. The van der Waals surface area contributed by atoms with Crippen LogP contribution in [0.25, 0.3) is 0 Å². The van der Waals surface area contributed by atoms with Crippen LogP contribution in [-0.2, 0) is 4.79 Å². The van der Waals surface area contributed by atoms with Crippen LogP contribution in [0.1, 0.15) is 39.5 Å². The van der Waals surface area contributed by atoms with Gasteiger partial charge in [-0.15, -0.1) is 0 Å². The van der Waals surface area contributed by atoms with Gasteiger partial charge >= 0.3 is 0 Å². The zero-order chi connectivity index (χ0) is 11.1. The lowest BCUT2D eigenvalue weighted by molar-refractivity contribution is -0.904. The van der Waals surface area contributed by atoms with E-state index in [1.165, 1.54) is 32.4 Å². The van der Waals surface area contributed by atoms with Gasteiger partial charge in [-0.1, -0.05) is 0 Å². The molecule has 6 heteroatoms. The van der Waals surface area contributed by atoms with Crippen LogP contribution in [0.4, 0.5) is 0 Å². The molecule has 4 N–H and O–H groups in total. The molecule has 0 aromatic rings. The third-order valence-corrected chi connectivity index (χ3v) is 2.84. The number of carbonyl (C=O) groups excluding carboxylic acids is 1. The molecule has 1 aliphatic rings. The molecule has 1 amide bonds. The van der Waals surface area contributed by atoms with E-state index in [0.717, 1.165) is 6.54 Å². The van der Waals surface area contributed by atoms with Crippen LogP contribution < -0.4 is 40.6 Å². The molecule has 104 valence electrons. The molecule has 1 rings (SSSR count). The largest absolute Gasteiger partial charge is 1.00 e. The second-order valence-corrected chi connectivity index (χ2v) is 4.79. The van der Waals surface area contributed by atoms with Crippen molar-refractivity contribution < 1.29 is 39.9 Å². The summed E-state index contributed by atoms with van der Waals surface area (Å²) in [7, 11) is 0. The summed E-state index contributed by atoms with van der Waals surface area (Å²) >= 11 is 0. The Labute approximate surface area is 117 Å². The Balaban J connectivity index is 0. The third kappa shape index (κ3) is 9.65. The Bertz CT molecular complexity index is 197. The monoisotopic (exact) mass is 285 g/mol. The second-order valence-electron chi connectivity index (χ2n) is 4.79. The molecular formula is C11H25Cl2N3O. The Morgan fingerprint density at radius 1 is 1.24 bits per heavy atom. The number of amides is 1. The van der Waals surface area contributed by atoms with E-state index in [1.807, 2.05) is 5.43 Å². The SMILES string of the molecule is CC(C)[NH2+]NC(=O)CC[NH+]1CCCCC1.[Cl-].[Cl-]. The summed E-state index contributed by atoms with van der Waals surface area (Å²) in [6, 6.07) is 0.427. The first kappa shape index (κ1) is 19.3. The topological polar surface area (TPSA) is 50.1 Å². The highest BCUT2D eigenvalue weighted by Crippen LogP contribution is 1.94. The number of nitrogens with one attached hydrogen (secondary N) is 2. The fourth-order valence-corrected chi connectivity index (χ4v) is 1.92. The standard InChI is InChI=1S/C11H23N3O.2ClH/c1-10(2)12-13-11(15)6-9-14-7-4-3-5-8-14;;/h10,12H,3-9H2,1-2H3,(H,13,15);2*1H. The Kier molecular flexibility index (Phi) is 12.6. The number of rotatable bonds is 5. The van der Waals surface area contributed by atoms with Gasteiger partial charge in [0.1, 0.15) is 6.04 Å². The molecule has 1 heterocycles. The summed E-state index contributed by atoms with van der Waals surface area (Å²) < 4.78 is 0. The fourth-order valence-electron chi connectivity index (χ4n) is 1.92. The molecule has 0 aromatic carbocycles. The Morgan fingerprint density at radius 2 is 1.82 bits per heavy atom. The summed E-state index contributed by atoms with van der Waals surface area (Å²) in [5, 5.41) is 0. The molecule has 1 aliphatic heterocycles. The first-order valence-electron chi connectivity index (χ1n) is 6.15. The van der Waals surface area contributed by atoms with E-state index in [1.54, 1.807) is 4.90 Å². The fraction of sp³-hybridized carbons (Fsp3) is 0.909. The molecule has 1 saturated heterocycles. The van der Waals surface area contributed by atoms with Crippen molar-refractivity contribution in [2.75, 3.05) is 19.6 Å². The molecule has 0 spiro atoms. The molecule has 0 unspecified atom stereocenters. The van der Waals surface area contributed by atoms with Crippen LogP contribution in [-0.4, -0.2) is 31.6 Å². The molecule has 0 radical (unpaired) electrons. The third-order valence-electron chi connectivity index (χ3n) is 2.84. The van der Waals surface area contributed by atoms with E-state index in [2.05, 4.69) is 19.3 Å². The lowest BCUT2D eigenvalue weighted by Gasteiger charge is -2.22. The highest BCUT2D eigenvalue weighted by molar-refractivity contribution is 5.74. The van der Waals surface area contributed by atoms with Gasteiger partial charge in [-0.05, 0) is 33.1 Å². The van der Waals surface area contributed by atoms with E-state index in [0.29, 0.717) is 12.5 Å². The number of nitrogens with two attached hydrogens (primary N) is 1. The van der Waals surface area contributed by atoms with Crippen molar-refractivity contribution in [2.24, 2.45) is 0 Å². The van der Waals surface area contributed by atoms with Crippen molar-refractivity contribution in [1.82, 2.24) is 5.43 Å². The summed E-state index contributed by atoms with van der Waals surface area (Å²) in [5.41, 5.74) is 4.71. The molecule has 4 nitrogen and oxygen atoms in total. The van der Waals surface area contributed by atoms with Gasteiger partial charge in [0.2, 0.25) is 0 Å². The van der Waals surface area contributed by atoms with Crippen molar-refractivity contribution in [1.29, 1.82) is 0 Å². The number of halogens is 2. The number of carbonyl (C=O) groups is 1. The van der Waals surface area contributed by atoms with Crippen molar-refractivity contribution in [3.05, 3.63) is 0 Å². The molecule has 1 fully saturated rings. The lowest BCUT2D eigenvalue weighted by atomic mass is 10.1. The quantitative estimate of drug-likeness (QED) is 0.262. The van der Waals surface area contributed by atoms with Gasteiger partial charge < -0.3 is 29.7 Å². The van der Waals surface area contributed by atoms with Gasteiger partial charge in [-0.25, -0.2) is 10.9 Å². The number of hydrogen-bond donors (Lipinski definition) is 3. The smallest absolute Gasteiger partial charge is 0.270 e. The maximum absolute atomic E-state index is 11.4. The van der Waals surface area contributed by atoms with Crippen molar-refractivity contribution in [3.8, 4) is 0 Å². The number of likely N-dealkylation sites (tertiary alicyclic amines) is 1. The maximum Gasteiger partial charge on any atom is 0.270 e. The average molecular weight is 286 g/mol. The summed E-state index contributed by atoms with van der Waals surface area (Å²) in [6.45, 7) is 7.63. The van der Waals surface area contributed by atoms with E-state index >= 15 is 0 Å². The normalized spacial score (nSPS) is 15.9. The number of piperidine rings is 1. The number of hydrogen-bond acceptors (Lipinski definition) is 1. The molecule has 0 bridgehead atoms. The van der Waals surface area contributed by atoms with Crippen molar-refractivity contribution in [2.45, 2.75) is 45.6 Å². The van der Waals surface area contributed by atoms with Gasteiger partial charge in [-0.2, -0.15) is 0 Å². The maximum atomic E-state index is 11.4. The van der Waals surface area contributed by atoms with Crippen LogP contribution in [0.2, 0.25) is 0 Å². The van der Waals surface area contributed by atoms with Crippen LogP contribution >= 0.6 is 0 Å². The van der Waals surface area contributed by atoms with E-state index in [-0.39, 0.29) is 30.7 Å². The minimum absolute atomic E-state index is 0. The van der Waals surface area contributed by atoms with Crippen LogP contribution in [0, 0.1) is 0 Å². The minimum atomic E-state index is 0. The number of quaternary nitrogens is 2. The van der Waals surface area contributed by atoms with Crippen LogP contribution in [0.3, 0.4) is 0 Å². The van der Waals surface area contributed by atoms with Gasteiger partial charge in [0.25, 0.3) is 5.91 Å². The molecular weight excluding hydrogens is 261 g/mol. The predicted molar refractivity (Wildman–Crippen MR) is 59.2 cm³/mol. The van der Waals surface area contributed by atoms with E-state index < -0.39 is 0 Å². The highest BCUT2D eigenvalue weighted by Gasteiger charge is 2.15. The zero-order valence-electron chi connectivity index (χ0n) is 10.8. The lowest BCUT2D eigenvalue weighted by Crippen LogP contribution is -3.13. The van der Waals surface area contributed by atoms with Gasteiger partial charge in [-0.3, -0.25) is 4.79 Å². The van der Waals surface area contributed by atoms with Crippen molar-refractivity contribution in [3.63, 3.8) is 0 Å². The van der Waals surface area contributed by atoms with E-state index in [4.69, 9.17) is 0 Å². The average Bonchev–Trinajstić information content (AvgIpc) is 2.25. The van der Waals surface area contributed by atoms with Gasteiger partial charge in [0.05, 0.1) is 26.1 Å². The zero-order valence-corrected chi connectivity index (χ0v) is 12.3.